The zero-order valence-electron chi connectivity index (χ0n) is 7.03. The van der Waals surface area contributed by atoms with Crippen molar-refractivity contribution in [2.24, 2.45) is 0 Å². The molecule has 0 heterocycles. The minimum atomic E-state index is -2.72. The number of nitrogens with one attached hydrogen (secondary N) is 1. The number of rotatable bonds is 2. The van der Waals surface area contributed by atoms with Gasteiger partial charge in [-0.2, -0.15) is 0 Å². The Morgan fingerprint density at radius 1 is 1.47 bits per heavy atom. The molecule has 1 amide bonds. The quantitative estimate of drug-likeness (QED) is 0.831. The molecule has 0 fully saturated rings. The normalized spacial score (nSPS) is 11.9. The van der Waals surface area contributed by atoms with E-state index in [0.29, 0.717) is 5.02 Å². The predicted octanol–water partition coefficient (Wildman–Crippen LogP) is 1.88. The lowest BCUT2D eigenvalue weighted by Gasteiger charge is -2.08. The van der Waals surface area contributed by atoms with Crippen LogP contribution in [0.15, 0.2) is 18.2 Å². The van der Waals surface area contributed by atoms with Crippen LogP contribution in [0.3, 0.4) is 0 Å². The van der Waals surface area contributed by atoms with Crippen molar-refractivity contribution in [2.45, 2.75) is 0 Å². The van der Waals surface area contributed by atoms with Gasteiger partial charge >= 0.3 is 6.09 Å². The third kappa shape index (κ3) is 4.05. The topological polar surface area (TPSA) is 78.5 Å². The van der Waals surface area contributed by atoms with Gasteiger partial charge in [0.05, 0.1) is 5.02 Å². The lowest BCUT2D eigenvalue weighted by atomic mass is 10.3. The van der Waals surface area contributed by atoms with Crippen molar-refractivity contribution in [1.82, 2.24) is 4.72 Å². The maximum Gasteiger partial charge on any atom is 0.423 e. The van der Waals surface area contributed by atoms with Crippen molar-refractivity contribution in [1.29, 1.82) is 0 Å². The molecule has 0 spiro atoms. The van der Waals surface area contributed by atoms with Gasteiger partial charge in [-0.05, 0) is 18.2 Å². The highest BCUT2D eigenvalue weighted by atomic mass is 35.5. The Morgan fingerprint density at radius 3 is 2.67 bits per heavy atom. The van der Waals surface area contributed by atoms with Gasteiger partial charge in [-0.15, -0.1) is 0 Å². The van der Waals surface area contributed by atoms with Gasteiger partial charge in [-0.1, -0.05) is 23.2 Å². The molecule has 0 saturated carbocycles. The molecule has 1 N–H and O–H groups in total. The molecule has 8 heteroatoms. The summed E-state index contributed by atoms with van der Waals surface area (Å²) in [6, 6.07) is 4.15. The Labute approximate surface area is 97.7 Å². The van der Waals surface area contributed by atoms with Gasteiger partial charge in [0.2, 0.25) is 0 Å². The maximum absolute atomic E-state index is 10.8. The second-order valence-corrected chi connectivity index (χ2v) is 3.82. The van der Waals surface area contributed by atoms with Crippen LogP contribution in [0.2, 0.25) is 10.0 Å². The van der Waals surface area contributed by atoms with Crippen molar-refractivity contribution in [3.63, 3.8) is 0 Å². The van der Waals surface area contributed by atoms with E-state index >= 15 is 0 Å². The molecule has 5 nitrogen and oxygen atoms in total. The van der Waals surface area contributed by atoms with Crippen LogP contribution in [0.5, 0.6) is 5.75 Å². The maximum atomic E-state index is 10.8. The average molecular weight is 269 g/mol. The molecule has 1 aromatic carbocycles. The second-order valence-electron chi connectivity index (χ2n) is 2.30. The molecule has 82 valence electrons. The van der Waals surface area contributed by atoms with Crippen molar-refractivity contribution in [2.75, 3.05) is 0 Å². The monoisotopic (exact) mass is 268 g/mol. The number of amides is 1. The molecule has 0 bridgehead atoms. The zero-order chi connectivity index (χ0) is 11.4. The smallest absolute Gasteiger partial charge is 0.423 e. The summed E-state index contributed by atoms with van der Waals surface area (Å²) in [6.07, 6.45) is -1.15. The van der Waals surface area contributed by atoms with Gasteiger partial charge in [0.15, 0.2) is 5.75 Å². The fraction of sp³-hybridized carbons (Fsp3) is 0. The van der Waals surface area contributed by atoms with E-state index in [4.69, 9.17) is 23.2 Å². The van der Waals surface area contributed by atoms with Crippen LogP contribution in [0.1, 0.15) is 0 Å². The van der Waals surface area contributed by atoms with Crippen molar-refractivity contribution in [3.8, 4) is 5.75 Å². The first-order valence-corrected chi connectivity index (χ1v) is 5.35. The fourth-order valence-electron chi connectivity index (χ4n) is 0.747. The van der Waals surface area contributed by atoms with E-state index in [-0.39, 0.29) is 10.8 Å². The Hall–Kier alpha value is -0.820. The molecule has 1 unspecified atom stereocenters. The molecular weight excluding hydrogens is 265 g/mol. The summed E-state index contributed by atoms with van der Waals surface area (Å²) in [6.45, 7) is 0. The molecule has 0 radical (unpaired) electrons. The average Bonchev–Trinajstić information content (AvgIpc) is 2.08. The molecule has 0 aliphatic carbocycles. The standard InChI is InChI=1S/C7H5Cl2NO4S/c8-4-1-2-6(5(9)3-4)14-7(11)10-15(12)13/h1-3H,(H,10,11)(H,12,13)/p-1. The van der Waals surface area contributed by atoms with Crippen LogP contribution >= 0.6 is 23.2 Å². The first-order valence-electron chi connectivity index (χ1n) is 3.52. The molecule has 1 atom stereocenters. The highest BCUT2D eigenvalue weighted by Crippen LogP contribution is 2.27. The molecule has 0 aliphatic rings. The van der Waals surface area contributed by atoms with Crippen molar-refractivity contribution < 1.29 is 18.3 Å². The van der Waals surface area contributed by atoms with E-state index in [1.165, 1.54) is 22.9 Å². The van der Waals surface area contributed by atoms with E-state index < -0.39 is 17.4 Å². The fourth-order valence-corrected chi connectivity index (χ4v) is 1.37. The van der Waals surface area contributed by atoms with E-state index in [1.54, 1.807) is 0 Å². The van der Waals surface area contributed by atoms with E-state index in [1.807, 2.05) is 0 Å². The summed E-state index contributed by atoms with van der Waals surface area (Å²) in [4.78, 5) is 10.8. The molecule has 0 saturated heterocycles. The number of halogens is 2. The van der Waals surface area contributed by atoms with Gasteiger partial charge in [0.1, 0.15) is 0 Å². The largest absolute Gasteiger partial charge is 0.755 e. The van der Waals surface area contributed by atoms with Gasteiger partial charge in [0.25, 0.3) is 0 Å². The van der Waals surface area contributed by atoms with Gasteiger partial charge < -0.3 is 9.29 Å². The molecule has 1 aromatic rings. The highest BCUT2D eigenvalue weighted by Gasteiger charge is 2.07. The summed E-state index contributed by atoms with van der Waals surface area (Å²) in [5.74, 6) is 0.0176. The Kier molecular flexibility index (Phi) is 4.34. The van der Waals surface area contributed by atoms with Crippen LogP contribution < -0.4 is 9.46 Å². The SMILES string of the molecule is O=C(NS(=O)[O-])Oc1ccc(Cl)cc1Cl. The van der Waals surface area contributed by atoms with Crippen molar-refractivity contribution >= 4 is 40.6 Å². The van der Waals surface area contributed by atoms with Crippen LogP contribution in [0.4, 0.5) is 4.79 Å². The third-order valence-electron chi connectivity index (χ3n) is 1.26. The Morgan fingerprint density at radius 2 is 2.13 bits per heavy atom. The molecular formula is C7H4Cl2NO4S-. The minimum absolute atomic E-state index is 0.0176. The third-order valence-corrected chi connectivity index (χ3v) is 2.13. The lowest BCUT2D eigenvalue weighted by molar-refractivity contribution is 0.206. The number of hydrogen-bond donors (Lipinski definition) is 1. The lowest BCUT2D eigenvalue weighted by Crippen LogP contribution is -2.28. The van der Waals surface area contributed by atoms with Crippen LogP contribution in [-0.2, 0) is 11.3 Å². The van der Waals surface area contributed by atoms with Crippen LogP contribution in [0.25, 0.3) is 0 Å². The van der Waals surface area contributed by atoms with Gasteiger partial charge in [-0.25, -0.2) is 4.79 Å². The molecule has 0 aliphatic heterocycles. The van der Waals surface area contributed by atoms with E-state index in [9.17, 15) is 13.6 Å². The van der Waals surface area contributed by atoms with E-state index in [2.05, 4.69) is 4.74 Å². The van der Waals surface area contributed by atoms with Crippen LogP contribution in [-0.4, -0.2) is 14.9 Å². The summed E-state index contributed by atoms with van der Waals surface area (Å²) in [5, 5.41) is 0.481. The number of carbonyl (C=O) groups is 1. The number of hydrogen-bond acceptors (Lipinski definition) is 4. The summed E-state index contributed by atoms with van der Waals surface area (Å²) in [5.41, 5.74) is 0. The first-order chi connectivity index (χ1) is 6.99. The summed E-state index contributed by atoms with van der Waals surface area (Å²) < 4.78 is 26.2. The van der Waals surface area contributed by atoms with Gasteiger partial charge in [-0.3, -0.25) is 8.93 Å². The summed E-state index contributed by atoms with van der Waals surface area (Å²) in [7, 11) is 0. The number of ether oxygens (including phenoxy) is 1. The number of benzene rings is 1. The van der Waals surface area contributed by atoms with Crippen LogP contribution in [0, 0.1) is 0 Å². The predicted molar refractivity (Wildman–Crippen MR) is 54.5 cm³/mol. The molecule has 15 heavy (non-hydrogen) atoms. The highest BCUT2D eigenvalue weighted by molar-refractivity contribution is 7.77. The number of carbonyl (C=O) groups excluding carboxylic acids is 1. The van der Waals surface area contributed by atoms with Gasteiger partial charge in [0, 0.05) is 16.3 Å². The zero-order valence-corrected chi connectivity index (χ0v) is 9.36. The second kappa shape index (κ2) is 5.32. The van der Waals surface area contributed by atoms with E-state index in [0.717, 1.165) is 0 Å². The molecule has 1 rings (SSSR count). The Balaban J connectivity index is 2.72. The molecule has 0 aromatic heterocycles. The first kappa shape index (κ1) is 12.3. The summed E-state index contributed by atoms with van der Waals surface area (Å²) >= 11 is 8.54. The Bertz CT molecular complexity index is 412. The van der Waals surface area contributed by atoms with Crippen molar-refractivity contribution in [3.05, 3.63) is 28.2 Å². The minimum Gasteiger partial charge on any atom is -0.755 e.